The van der Waals surface area contributed by atoms with Crippen LogP contribution in [0.2, 0.25) is 0 Å². The van der Waals surface area contributed by atoms with Gasteiger partial charge in [-0.05, 0) is 43.2 Å². The van der Waals surface area contributed by atoms with Gasteiger partial charge >= 0.3 is 0 Å². The van der Waals surface area contributed by atoms with Crippen molar-refractivity contribution < 1.29 is 26.4 Å². The van der Waals surface area contributed by atoms with Crippen LogP contribution in [-0.4, -0.2) is 20.4 Å². The Bertz CT molecular complexity index is 974. The Morgan fingerprint density at radius 2 is 1.70 bits per heavy atom. The number of rotatable bonds is 5. The molecule has 0 bridgehead atoms. The number of benzene rings is 2. The van der Waals surface area contributed by atoms with Crippen LogP contribution in [0.25, 0.3) is 0 Å². The second-order valence-corrected chi connectivity index (χ2v) is 8.02. The zero-order valence-corrected chi connectivity index (χ0v) is 15.0. The smallest absolute Gasteiger partial charge is 0.255 e. The number of nitrogens with one attached hydrogen (secondary N) is 2. The molecule has 0 aliphatic heterocycles. The van der Waals surface area contributed by atoms with Crippen LogP contribution in [0.1, 0.15) is 36.0 Å². The fourth-order valence-corrected chi connectivity index (χ4v) is 4.30. The summed E-state index contributed by atoms with van der Waals surface area (Å²) in [5, 5.41) is 2.11. The Hall–Kier alpha value is -2.39. The Kier molecular flexibility index (Phi) is 5.52. The van der Waals surface area contributed by atoms with Crippen molar-refractivity contribution in [1.29, 1.82) is 0 Å². The summed E-state index contributed by atoms with van der Waals surface area (Å²) in [6.07, 6.45) is 3.43. The van der Waals surface area contributed by atoms with Crippen LogP contribution in [0.5, 0.6) is 0 Å². The van der Waals surface area contributed by atoms with Crippen LogP contribution in [0.3, 0.4) is 0 Å². The molecule has 0 atom stereocenters. The van der Waals surface area contributed by atoms with Crippen molar-refractivity contribution in [2.45, 2.75) is 36.6 Å². The number of carbonyl (C=O) groups is 1. The minimum Gasteiger partial charge on any atom is -0.319 e. The van der Waals surface area contributed by atoms with Gasteiger partial charge in [-0.3, -0.25) is 4.79 Å². The van der Waals surface area contributed by atoms with Crippen molar-refractivity contribution in [3.63, 3.8) is 0 Å². The van der Waals surface area contributed by atoms with Gasteiger partial charge in [-0.25, -0.2) is 26.3 Å². The van der Waals surface area contributed by atoms with Gasteiger partial charge in [-0.1, -0.05) is 18.9 Å². The first-order valence-electron chi connectivity index (χ1n) is 8.35. The molecule has 1 saturated carbocycles. The summed E-state index contributed by atoms with van der Waals surface area (Å²) in [6, 6.07) is 6.62. The molecular weight excluding hydrogens is 381 g/mol. The molecule has 144 valence electrons. The summed E-state index contributed by atoms with van der Waals surface area (Å²) in [4.78, 5) is 12.2. The van der Waals surface area contributed by atoms with Gasteiger partial charge in [0.2, 0.25) is 10.0 Å². The highest BCUT2D eigenvalue weighted by atomic mass is 32.2. The third-order valence-electron chi connectivity index (χ3n) is 4.37. The highest BCUT2D eigenvalue weighted by Gasteiger charge is 2.24. The maximum Gasteiger partial charge on any atom is 0.255 e. The molecule has 1 amide bonds. The van der Waals surface area contributed by atoms with Gasteiger partial charge in [0, 0.05) is 11.6 Å². The normalized spacial score (nSPS) is 15.1. The Morgan fingerprint density at radius 1 is 1.00 bits per heavy atom. The number of carbonyl (C=O) groups excluding carboxylic acids is 1. The predicted molar refractivity (Wildman–Crippen MR) is 93.3 cm³/mol. The van der Waals surface area contributed by atoms with Crippen molar-refractivity contribution in [1.82, 2.24) is 4.72 Å². The number of anilines is 1. The molecule has 0 unspecified atom stereocenters. The van der Waals surface area contributed by atoms with Gasteiger partial charge in [-0.15, -0.1) is 0 Å². The minimum absolute atomic E-state index is 0.0616. The van der Waals surface area contributed by atoms with E-state index in [1.807, 2.05) is 0 Å². The van der Waals surface area contributed by atoms with E-state index in [1.165, 1.54) is 18.2 Å². The largest absolute Gasteiger partial charge is 0.319 e. The Labute approximate surface area is 154 Å². The topological polar surface area (TPSA) is 75.3 Å². The third kappa shape index (κ3) is 4.30. The van der Waals surface area contributed by atoms with Crippen LogP contribution in [0.4, 0.5) is 18.9 Å². The number of sulfonamides is 1. The van der Waals surface area contributed by atoms with Crippen LogP contribution in [0, 0.1) is 17.5 Å². The first-order valence-corrected chi connectivity index (χ1v) is 9.83. The molecular formula is C18H17F3N2O3S. The van der Waals surface area contributed by atoms with Crippen LogP contribution < -0.4 is 10.0 Å². The van der Waals surface area contributed by atoms with E-state index in [1.54, 1.807) is 0 Å². The zero-order chi connectivity index (χ0) is 19.6. The lowest BCUT2D eigenvalue weighted by Crippen LogP contribution is -2.32. The average Bonchev–Trinajstić information content (AvgIpc) is 3.14. The van der Waals surface area contributed by atoms with Crippen molar-refractivity contribution in [2.75, 3.05) is 5.32 Å². The first kappa shape index (κ1) is 19.4. The second kappa shape index (κ2) is 7.69. The molecule has 1 aliphatic carbocycles. The fraction of sp³-hybridized carbons (Fsp3) is 0.278. The summed E-state index contributed by atoms with van der Waals surface area (Å²) < 4.78 is 67.5. The van der Waals surface area contributed by atoms with Gasteiger partial charge in [0.05, 0.1) is 10.6 Å². The van der Waals surface area contributed by atoms with Crippen molar-refractivity contribution in [3.8, 4) is 0 Å². The second-order valence-electron chi connectivity index (χ2n) is 6.31. The molecule has 2 aromatic carbocycles. The van der Waals surface area contributed by atoms with E-state index in [9.17, 15) is 26.4 Å². The summed E-state index contributed by atoms with van der Waals surface area (Å²) in [7, 11) is -3.81. The monoisotopic (exact) mass is 398 g/mol. The van der Waals surface area contributed by atoms with Gasteiger partial charge in [-0.2, -0.15) is 0 Å². The molecule has 5 nitrogen and oxygen atoms in total. The molecule has 0 saturated heterocycles. The number of hydrogen-bond acceptors (Lipinski definition) is 3. The van der Waals surface area contributed by atoms with E-state index in [0.717, 1.165) is 37.8 Å². The lowest BCUT2D eigenvalue weighted by atomic mass is 10.2. The molecule has 1 fully saturated rings. The SMILES string of the molecule is O=C(Nc1ccc(F)c(F)c1F)c1cccc(S(=O)(=O)NC2CCCC2)c1. The quantitative estimate of drug-likeness (QED) is 0.756. The maximum absolute atomic E-state index is 13.7. The lowest BCUT2D eigenvalue weighted by molar-refractivity contribution is 0.102. The molecule has 0 spiro atoms. The van der Waals surface area contributed by atoms with E-state index >= 15 is 0 Å². The van der Waals surface area contributed by atoms with Gasteiger partial charge in [0.1, 0.15) is 0 Å². The molecule has 2 aromatic rings. The molecule has 9 heteroatoms. The number of amides is 1. The van der Waals surface area contributed by atoms with Crippen molar-refractivity contribution in [2.24, 2.45) is 0 Å². The Balaban J connectivity index is 1.80. The van der Waals surface area contributed by atoms with Crippen LogP contribution >= 0.6 is 0 Å². The minimum atomic E-state index is -3.81. The highest BCUT2D eigenvalue weighted by Crippen LogP contribution is 2.22. The zero-order valence-electron chi connectivity index (χ0n) is 14.1. The predicted octanol–water partition coefficient (Wildman–Crippen LogP) is 3.58. The average molecular weight is 398 g/mol. The fourth-order valence-electron chi connectivity index (χ4n) is 2.95. The van der Waals surface area contributed by atoms with E-state index in [4.69, 9.17) is 0 Å². The van der Waals surface area contributed by atoms with E-state index in [2.05, 4.69) is 10.0 Å². The maximum atomic E-state index is 13.7. The first-order chi connectivity index (χ1) is 12.8. The Morgan fingerprint density at radius 3 is 2.41 bits per heavy atom. The highest BCUT2D eigenvalue weighted by molar-refractivity contribution is 7.89. The van der Waals surface area contributed by atoms with Crippen LogP contribution in [0.15, 0.2) is 41.3 Å². The summed E-state index contributed by atoms with van der Waals surface area (Å²) in [5.74, 6) is -5.46. The molecule has 0 heterocycles. The number of halogens is 3. The van der Waals surface area contributed by atoms with E-state index in [0.29, 0.717) is 6.07 Å². The number of hydrogen-bond donors (Lipinski definition) is 2. The molecule has 0 aromatic heterocycles. The summed E-state index contributed by atoms with van der Waals surface area (Å²) in [5.41, 5.74) is -0.607. The molecule has 27 heavy (non-hydrogen) atoms. The van der Waals surface area contributed by atoms with E-state index < -0.39 is 39.1 Å². The summed E-state index contributed by atoms with van der Waals surface area (Å²) >= 11 is 0. The molecule has 1 aliphatic rings. The van der Waals surface area contributed by atoms with Gasteiger partial charge < -0.3 is 5.32 Å². The molecule has 2 N–H and O–H groups in total. The molecule has 0 radical (unpaired) electrons. The van der Waals surface area contributed by atoms with Gasteiger partial charge in [0.25, 0.3) is 5.91 Å². The van der Waals surface area contributed by atoms with E-state index in [-0.39, 0.29) is 16.5 Å². The van der Waals surface area contributed by atoms with Crippen molar-refractivity contribution >= 4 is 21.6 Å². The van der Waals surface area contributed by atoms with Gasteiger partial charge in [0.15, 0.2) is 17.5 Å². The lowest BCUT2D eigenvalue weighted by Gasteiger charge is -2.13. The third-order valence-corrected chi connectivity index (χ3v) is 5.89. The standard InChI is InChI=1S/C18H17F3N2O3S/c19-14-8-9-15(17(21)16(14)20)22-18(24)11-4-3-7-13(10-11)27(25,26)23-12-5-1-2-6-12/h3-4,7-10,12,23H,1-2,5-6H2,(H,22,24). The summed E-state index contributed by atoms with van der Waals surface area (Å²) in [6.45, 7) is 0. The van der Waals surface area contributed by atoms with Crippen LogP contribution in [-0.2, 0) is 10.0 Å². The van der Waals surface area contributed by atoms with Crippen molar-refractivity contribution in [3.05, 3.63) is 59.4 Å². The molecule has 3 rings (SSSR count).